The summed E-state index contributed by atoms with van der Waals surface area (Å²) in [5.74, 6) is 0.186. The van der Waals surface area contributed by atoms with Gasteiger partial charge in [-0.05, 0) is 35.0 Å². The van der Waals surface area contributed by atoms with Crippen molar-refractivity contribution in [3.63, 3.8) is 0 Å². The number of nitrogens with zero attached hydrogens (tertiary/aromatic N) is 1. The van der Waals surface area contributed by atoms with E-state index in [0.29, 0.717) is 18.2 Å². The molecule has 1 aromatic rings. The van der Waals surface area contributed by atoms with Crippen LogP contribution < -0.4 is 4.74 Å². The smallest absolute Gasteiger partial charge is 0.311 e. The average molecular weight is 274 g/mol. The van der Waals surface area contributed by atoms with Crippen molar-refractivity contribution in [1.29, 1.82) is 0 Å². The fourth-order valence-electron chi connectivity index (χ4n) is 1.06. The highest BCUT2D eigenvalue weighted by Gasteiger charge is 2.08. The van der Waals surface area contributed by atoms with Gasteiger partial charge in [-0.3, -0.25) is 4.79 Å². The highest BCUT2D eigenvalue weighted by molar-refractivity contribution is 9.10. The molecule has 0 radical (unpaired) electrons. The zero-order valence-electron chi connectivity index (χ0n) is 8.62. The molecule has 0 fully saturated rings. The fourth-order valence-corrected chi connectivity index (χ4v) is 1.45. The lowest BCUT2D eigenvalue weighted by molar-refractivity contribution is -0.142. The van der Waals surface area contributed by atoms with Gasteiger partial charge in [-0.15, -0.1) is 0 Å². The Morgan fingerprint density at radius 1 is 1.53 bits per heavy atom. The van der Waals surface area contributed by atoms with Crippen molar-refractivity contribution in [3.05, 3.63) is 22.3 Å². The summed E-state index contributed by atoms with van der Waals surface area (Å²) in [4.78, 5) is 15.3. The molecule has 0 saturated heterocycles. The minimum absolute atomic E-state index is 0.164. The maximum atomic E-state index is 11.2. The third kappa shape index (κ3) is 3.51. The number of pyridine rings is 1. The van der Waals surface area contributed by atoms with Crippen LogP contribution in [0.5, 0.6) is 5.88 Å². The Morgan fingerprint density at radius 2 is 2.27 bits per heavy atom. The monoisotopic (exact) mass is 273 g/mol. The van der Waals surface area contributed by atoms with E-state index in [0.717, 1.165) is 4.47 Å². The van der Waals surface area contributed by atoms with E-state index in [2.05, 4.69) is 20.9 Å². The van der Waals surface area contributed by atoms with Crippen molar-refractivity contribution in [1.82, 2.24) is 4.98 Å². The Hall–Kier alpha value is -1.10. The number of carbonyl (C=O) groups excluding carboxylic acids is 1. The second-order valence-corrected chi connectivity index (χ2v) is 3.63. The van der Waals surface area contributed by atoms with Crippen LogP contribution in [0.2, 0.25) is 0 Å². The number of esters is 1. The molecule has 0 unspecified atom stereocenters. The Kier molecular flexibility index (Phi) is 4.55. The first-order valence-corrected chi connectivity index (χ1v) is 5.31. The Bertz CT molecular complexity index is 355. The lowest BCUT2D eigenvalue weighted by Crippen LogP contribution is -2.09. The van der Waals surface area contributed by atoms with E-state index in [1.807, 2.05) is 0 Å². The molecule has 82 valence electrons. The van der Waals surface area contributed by atoms with Crippen LogP contribution in [0, 0.1) is 0 Å². The van der Waals surface area contributed by atoms with Gasteiger partial charge in [0.1, 0.15) is 0 Å². The Balaban J connectivity index is 2.74. The summed E-state index contributed by atoms with van der Waals surface area (Å²) in [6, 6.07) is 3.55. The van der Waals surface area contributed by atoms with E-state index in [9.17, 15) is 4.79 Å². The fraction of sp³-hybridized carbons (Fsp3) is 0.400. The van der Waals surface area contributed by atoms with E-state index in [1.54, 1.807) is 19.1 Å². The average Bonchev–Trinajstić information content (AvgIpc) is 2.21. The quantitative estimate of drug-likeness (QED) is 0.787. The standard InChI is InChI=1S/C10H12BrNO3/c1-3-15-9(13)6-7-4-5-8(11)10(12-7)14-2/h4-5H,3,6H2,1-2H3. The molecule has 5 heteroatoms. The molecule has 0 atom stereocenters. The number of methoxy groups -OCH3 is 1. The van der Waals surface area contributed by atoms with E-state index in [4.69, 9.17) is 9.47 Å². The number of halogens is 1. The van der Waals surface area contributed by atoms with Crippen molar-refractivity contribution in [2.24, 2.45) is 0 Å². The lowest BCUT2D eigenvalue weighted by atomic mass is 10.3. The summed E-state index contributed by atoms with van der Waals surface area (Å²) >= 11 is 3.28. The molecule has 1 aromatic heterocycles. The minimum Gasteiger partial charge on any atom is -0.480 e. The highest BCUT2D eigenvalue weighted by Crippen LogP contribution is 2.22. The van der Waals surface area contributed by atoms with Crippen LogP contribution in [-0.4, -0.2) is 24.7 Å². The first kappa shape index (κ1) is 12.0. The lowest BCUT2D eigenvalue weighted by Gasteiger charge is -2.05. The van der Waals surface area contributed by atoms with Crippen LogP contribution >= 0.6 is 15.9 Å². The molecular weight excluding hydrogens is 262 g/mol. The first-order chi connectivity index (χ1) is 7.17. The van der Waals surface area contributed by atoms with Gasteiger partial charge in [-0.2, -0.15) is 0 Å². The summed E-state index contributed by atoms with van der Waals surface area (Å²) in [5.41, 5.74) is 0.633. The van der Waals surface area contributed by atoms with E-state index in [1.165, 1.54) is 7.11 Å². The molecule has 0 bridgehead atoms. The number of hydrogen-bond donors (Lipinski definition) is 0. The second-order valence-electron chi connectivity index (χ2n) is 2.78. The summed E-state index contributed by atoms with van der Waals surface area (Å²) in [5, 5.41) is 0. The summed E-state index contributed by atoms with van der Waals surface area (Å²) in [7, 11) is 1.53. The maximum Gasteiger partial charge on any atom is 0.311 e. The third-order valence-corrected chi connectivity index (χ3v) is 2.30. The van der Waals surface area contributed by atoms with Crippen molar-refractivity contribution in [2.75, 3.05) is 13.7 Å². The second kappa shape index (κ2) is 5.70. The van der Waals surface area contributed by atoms with Gasteiger partial charge in [0.25, 0.3) is 0 Å². The van der Waals surface area contributed by atoms with E-state index in [-0.39, 0.29) is 12.4 Å². The third-order valence-electron chi connectivity index (χ3n) is 1.70. The molecule has 0 aliphatic carbocycles. The molecule has 1 rings (SSSR count). The number of hydrogen-bond acceptors (Lipinski definition) is 4. The molecule has 0 N–H and O–H groups in total. The van der Waals surface area contributed by atoms with Crippen LogP contribution in [0.15, 0.2) is 16.6 Å². The van der Waals surface area contributed by atoms with Gasteiger partial charge in [0.15, 0.2) is 0 Å². The normalized spacial score (nSPS) is 9.80. The van der Waals surface area contributed by atoms with Crippen LogP contribution in [0.4, 0.5) is 0 Å². The van der Waals surface area contributed by atoms with Gasteiger partial charge in [0, 0.05) is 0 Å². The van der Waals surface area contributed by atoms with Crippen LogP contribution in [-0.2, 0) is 16.0 Å². The van der Waals surface area contributed by atoms with Gasteiger partial charge in [0.2, 0.25) is 5.88 Å². The van der Waals surface area contributed by atoms with Crippen molar-refractivity contribution >= 4 is 21.9 Å². The zero-order chi connectivity index (χ0) is 11.3. The SMILES string of the molecule is CCOC(=O)Cc1ccc(Br)c(OC)n1. The maximum absolute atomic E-state index is 11.2. The number of rotatable bonds is 4. The predicted octanol–water partition coefficient (Wildman–Crippen LogP) is 1.96. The van der Waals surface area contributed by atoms with E-state index < -0.39 is 0 Å². The predicted molar refractivity (Wildman–Crippen MR) is 58.8 cm³/mol. The molecule has 0 spiro atoms. The van der Waals surface area contributed by atoms with Crippen LogP contribution in [0.25, 0.3) is 0 Å². The van der Waals surface area contributed by atoms with Crippen molar-refractivity contribution < 1.29 is 14.3 Å². The van der Waals surface area contributed by atoms with Gasteiger partial charge in [-0.1, -0.05) is 0 Å². The van der Waals surface area contributed by atoms with Crippen LogP contribution in [0.1, 0.15) is 12.6 Å². The molecule has 4 nitrogen and oxygen atoms in total. The van der Waals surface area contributed by atoms with Crippen molar-refractivity contribution in [3.8, 4) is 5.88 Å². The molecule has 0 aliphatic rings. The Morgan fingerprint density at radius 3 is 2.87 bits per heavy atom. The Labute approximate surface area is 96.7 Å². The topological polar surface area (TPSA) is 48.4 Å². The highest BCUT2D eigenvalue weighted by atomic mass is 79.9. The largest absolute Gasteiger partial charge is 0.480 e. The molecule has 0 amide bonds. The first-order valence-electron chi connectivity index (χ1n) is 4.52. The molecule has 0 saturated carbocycles. The molecule has 15 heavy (non-hydrogen) atoms. The summed E-state index contributed by atoms with van der Waals surface area (Å²) < 4.78 is 10.6. The minimum atomic E-state index is -0.283. The molecule has 1 heterocycles. The van der Waals surface area contributed by atoms with Gasteiger partial charge in [-0.25, -0.2) is 4.98 Å². The van der Waals surface area contributed by atoms with Gasteiger partial charge in [0.05, 0.1) is 30.3 Å². The zero-order valence-corrected chi connectivity index (χ0v) is 10.2. The summed E-state index contributed by atoms with van der Waals surface area (Å²) in [6.07, 6.45) is 0.164. The molecule has 0 aliphatic heterocycles. The number of ether oxygens (including phenoxy) is 2. The number of carbonyl (C=O) groups is 1. The van der Waals surface area contributed by atoms with E-state index >= 15 is 0 Å². The molecule has 0 aromatic carbocycles. The number of aromatic nitrogens is 1. The molecular formula is C10H12BrNO3. The van der Waals surface area contributed by atoms with Crippen LogP contribution in [0.3, 0.4) is 0 Å². The van der Waals surface area contributed by atoms with Gasteiger partial charge >= 0.3 is 5.97 Å². The summed E-state index contributed by atoms with van der Waals surface area (Å²) in [6.45, 7) is 2.15. The van der Waals surface area contributed by atoms with Crippen molar-refractivity contribution in [2.45, 2.75) is 13.3 Å². The van der Waals surface area contributed by atoms with Gasteiger partial charge < -0.3 is 9.47 Å².